The van der Waals surface area contributed by atoms with Crippen molar-refractivity contribution in [2.24, 2.45) is 0 Å². The maximum absolute atomic E-state index is 12.6. The number of amides is 1. The first-order chi connectivity index (χ1) is 12.9. The first-order valence-electron chi connectivity index (χ1n) is 8.73. The molecule has 0 radical (unpaired) electrons. The smallest absolute Gasteiger partial charge is 0.243 e. The summed E-state index contributed by atoms with van der Waals surface area (Å²) in [6.45, 7) is 3.59. The second-order valence-corrected chi connectivity index (χ2v) is 8.25. The van der Waals surface area contributed by atoms with Crippen molar-refractivity contribution in [3.63, 3.8) is 0 Å². The molecular formula is C19H23N3O4S. The van der Waals surface area contributed by atoms with Gasteiger partial charge in [0.05, 0.1) is 24.7 Å². The monoisotopic (exact) mass is 389 g/mol. The van der Waals surface area contributed by atoms with Gasteiger partial charge in [0.1, 0.15) is 0 Å². The van der Waals surface area contributed by atoms with E-state index in [0.29, 0.717) is 32.0 Å². The number of hydrogen-bond acceptors (Lipinski definition) is 5. The first-order valence-corrected chi connectivity index (χ1v) is 10.2. The van der Waals surface area contributed by atoms with Crippen LogP contribution in [0.5, 0.6) is 0 Å². The second kappa shape index (κ2) is 8.51. The van der Waals surface area contributed by atoms with E-state index in [1.165, 1.54) is 4.31 Å². The number of ether oxygens (including phenoxy) is 1. The first kappa shape index (κ1) is 19.3. The highest BCUT2D eigenvalue weighted by molar-refractivity contribution is 7.89. The lowest BCUT2D eigenvalue weighted by molar-refractivity contribution is -0.114. The van der Waals surface area contributed by atoms with E-state index in [1.54, 1.807) is 24.3 Å². The summed E-state index contributed by atoms with van der Waals surface area (Å²) >= 11 is 0. The zero-order valence-corrected chi connectivity index (χ0v) is 16.0. The molecule has 2 aromatic rings. The molecule has 2 N–H and O–H groups in total. The van der Waals surface area contributed by atoms with E-state index < -0.39 is 10.0 Å². The Hall–Kier alpha value is -2.42. The zero-order valence-electron chi connectivity index (χ0n) is 15.1. The van der Waals surface area contributed by atoms with Gasteiger partial charge in [-0.2, -0.15) is 4.31 Å². The minimum Gasteiger partial charge on any atom is -0.379 e. The molecule has 7 nitrogen and oxygen atoms in total. The van der Waals surface area contributed by atoms with E-state index in [9.17, 15) is 13.2 Å². The predicted molar refractivity (Wildman–Crippen MR) is 104 cm³/mol. The van der Waals surface area contributed by atoms with Crippen molar-refractivity contribution < 1.29 is 17.9 Å². The number of rotatable bonds is 6. The molecular weight excluding hydrogens is 366 g/mol. The van der Waals surface area contributed by atoms with Crippen molar-refractivity contribution in [1.82, 2.24) is 4.31 Å². The molecule has 0 saturated carbocycles. The molecule has 0 bridgehead atoms. The van der Waals surface area contributed by atoms with Gasteiger partial charge in [0.15, 0.2) is 0 Å². The second-order valence-electron chi connectivity index (χ2n) is 6.31. The Morgan fingerprint density at radius 2 is 1.78 bits per heavy atom. The van der Waals surface area contributed by atoms with Gasteiger partial charge in [-0.05, 0) is 48.9 Å². The number of sulfonamides is 1. The highest BCUT2D eigenvalue weighted by Gasteiger charge is 2.26. The number of morpholine rings is 1. The topological polar surface area (TPSA) is 87.7 Å². The molecule has 1 aliphatic heterocycles. The van der Waals surface area contributed by atoms with Crippen LogP contribution in [0.15, 0.2) is 53.4 Å². The maximum Gasteiger partial charge on any atom is 0.243 e. The Labute approximate surface area is 159 Å². The molecule has 0 atom stereocenters. The number of anilines is 2. The van der Waals surface area contributed by atoms with Crippen LogP contribution in [-0.4, -0.2) is 51.5 Å². The molecule has 0 aliphatic carbocycles. The van der Waals surface area contributed by atoms with Crippen molar-refractivity contribution in [1.29, 1.82) is 0 Å². The van der Waals surface area contributed by atoms with Gasteiger partial charge in [-0.25, -0.2) is 8.42 Å². The van der Waals surface area contributed by atoms with Crippen molar-refractivity contribution in [2.45, 2.75) is 11.8 Å². The summed E-state index contributed by atoms with van der Waals surface area (Å²) in [6, 6.07) is 14.0. The Bertz CT molecular complexity index is 891. The molecule has 1 aliphatic rings. The third kappa shape index (κ3) is 5.06. The number of benzene rings is 2. The van der Waals surface area contributed by atoms with Crippen LogP contribution in [-0.2, 0) is 19.6 Å². The highest BCUT2D eigenvalue weighted by Crippen LogP contribution is 2.19. The third-order valence-corrected chi connectivity index (χ3v) is 6.13. The summed E-state index contributed by atoms with van der Waals surface area (Å²) in [4.78, 5) is 12.3. The minimum absolute atomic E-state index is 0.0868. The molecule has 0 unspecified atom stereocenters. The third-order valence-electron chi connectivity index (χ3n) is 4.22. The quantitative estimate of drug-likeness (QED) is 0.790. The molecule has 1 saturated heterocycles. The Balaban J connectivity index is 1.56. The fraction of sp³-hybridized carbons (Fsp3) is 0.316. The lowest BCUT2D eigenvalue weighted by atomic mass is 10.2. The fourth-order valence-electron chi connectivity index (χ4n) is 2.79. The van der Waals surface area contributed by atoms with Crippen LogP contribution in [0.25, 0.3) is 0 Å². The fourth-order valence-corrected chi connectivity index (χ4v) is 4.20. The molecule has 144 valence electrons. The summed E-state index contributed by atoms with van der Waals surface area (Å²) in [7, 11) is -3.51. The van der Waals surface area contributed by atoms with Gasteiger partial charge in [0.2, 0.25) is 15.9 Å². The van der Waals surface area contributed by atoms with E-state index in [2.05, 4.69) is 10.6 Å². The lowest BCUT2D eigenvalue weighted by Gasteiger charge is -2.26. The number of aryl methyl sites for hydroxylation is 1. The predicted octanol–water partition coefficient (Wildman–Crippen LogP) is 2.07. The molecule has 8 heteroatoms. The van der Waals surface area contributed by atoms with E-state index in [4.69, 9.17) is 4.74 Å². The summed E-state index contributed by atoms with van der Waals surface area (Å²) in [5.41, 5.74) is 2.49. The zero-order chi connectivity index (χ0) is 19.3. The SMILES string of the molecule is Cc1cccc(NC(=O)CNc2ccc(S(=O)(=O)N3CCOCC3)cc2)c1. The van der Waals surface area contributed by atoms with Crippen LogP contribution in [0.3, 0.4) is 0 Å². The van der Waals surface area contributed by atoms with Gasteiger partial charge in [-0.1, -0.05) is 12.1 Å². The van der Waals surface area contributed by atoms with Crippen molar-refractivity contribution >= 4 is 27.3 Å². The standard InChI is InChI=1S/C19H23N3O4S/c1-15-3-2-4-17(13-15)21-19(23)14-20-16-5-7-18(8-6-16)27(24,25)22-9-11-26-12-10-22/h2-8,13,20H,9-12,14H2,1H3,(H,21,23). The number of nitrogens with one attached hydrogen (secondary N) is 2. The van der Waals surface area contributed by atoms with E-state index in [0.717, 1.165) is 11.3 Å². The number of carbonyl (C=O) groups excluding carboxylic acids is 1. The summed E-state index contributed by atoms with van der Waals surface area (Å²) < 4.78 is 31.8. The van der Waals surface area contributed by atoms with Crippen molar-refractivity contribution in [3.05, 3.63) is 54.1 Å². The Morgan fingerprint density at radius 3 is 2.44 bits per heavy atom. The van der Waals surface area contributed by atoms with E-state index >= 15 is 0 Å². The maximum atomic E-state index is 12.6. The Morgan fingerprint density at radius 1 is 1.07 bits per heavy atom. The summed E-state index contributed by atoms with van der Waals surface area (Å²) in [5, 5.41) is 5.81. The van der Waals surface area contributed by atoms with Crippen molar-refractivity contribution in [3.8, 4) is 0 Å². The summed E-state index contributed by atoms with van der Waals surface area (Å²) in [5.74, 6) is -0.175. The van der Waals surface area contributed by atoms with Gasteiger partial charge in [-0.15, -0.1) is 0 Å². The van der Waals surface area contributed by atoms with Gasteiger partial charge in [0, 0.05) is 24.5 Å². The minimum atomic E-state index is -3.51. The molecule has 27 heavy (non-hydrogen) atoms. The number of nitrogens with zero attached hydrogens (tertiary/aromatic N) is 1. The van der Waals surface area contributed by atoms with E-state index in [-0.39, 0.29) is 17.3 Å². The van der Waals surface area contributed by atoms with Crippen molar-refractivity contribution in [2.75, 3.05) is 43.5 Å². The normalized spacial score (nSPS) is 15.3. The van der Waals surface area contributed by atoms with Crippen LogP contribution >= 0.6 is 0 Å². The molecule has 1 fully saturated rings. The molecule has 1 amide bonds. The van der Waals surface area contributed by atoms with Crippen LogP contribution in [0, 0.1) is 6.92 Å². The number of carbonyl (C=O) groups is 1. The van der Waals surface area contributed by atoms with Crippen LogP contribution < -0.4 is 10.6 Å². The van der Waals surface area contributed by atoms with Gasteiger partial charge in [0.25, 0.3) is 0 Å². The number of hydrogen-bond donors (Lipinski definition) is 2. The van der Waals surface area contributed by atoms with Gasteiger partial charge < -0.3 is 15.4 Å². The largest absolute Gasteiger partial charge is 0.379 e. The average molecular weight is 389 g/mol. The molecule has 1 heterocycles. The van der Waals surface area contributed by atoms with Crippen LogP contribution in [0.1, 0.15) is 5.56 Å². The van der Waals surface area contributed by atoms with Crippen LogP contribution in [0.2, 0.25) is 0 Å². The summed E-state index contributed by atoms with van der Waals surface area (Å²) in [6.07, 6.45) is 0. The molecule has 0 spiro atoms. The molecule has 0 aromatic heterocycles. The van der Waals surface area contributed by atoms with Gasteiger partial charge >= 0.3 is 0 Å². The molecule has 2 aromatic carbocycles. The van der Waals surface area contributed by atoms with Crippen LogP contribution in [0.4, 0.5) is 11.4 Å². The van der Waals surface area contributed by atoms with Gasteiger partial charge in [-0.3, -0.25) is 4.79 Å². The average Bonchev–Trinajstić information content (AvgIpc) is 2.67. The van der Waals surface area contributed by atoms with E-state index in [1.807, 2.05) is 31.2 Å². The Kier molecular flexibility index (Phi) is 6.10. The molecule has 3 rings (SSSR count). The lowest BCUT2D eigenvalue weighted by Crippen LogP contribution is -2.40. The highest BCUT2D eigenvalue weighted by atomic mass is 32.2.